The fraction of sp³-hybridized carbons (Fsp3) is 1.00. The lowest BCUT2D eigenvalue weighted by atomic mass is 9.93. The van der Waals surface area contributed by atoms with Crippen molar-refractivity contribution < 1.29 is 8.42 Å². The van der Waals surface area contributed by atoms with E-state index < -0.39 is 9.24 Å². The van der Waals surface area contributed by atoms with E-state index in [4.69, 9.17) is 10.7 Å². The minimum absolute atomic E-state index is 0.120. The molecule has 0 spiro atoms. The molecule has 1 N–H and O–H groups in total. The van der Waals surface area contributed by atoms with Gasteiger partial charge in [-0.05, 0) is 19.5 Å². The van der Waals surface area contributed by atoms with E-state index in [0.717, 1.165) is 6.54 Å². The van der Waals surface area contributed by atoms with E-state index in [1.807, 2.05) is 32.8 Å². The van der Waals surface area contributed by atoms with Crippen LogP contribution in [0.2, 0.25) is 0 Å². The van der Waals surface area contributed by atoms with Crippen LogP contribution in [0.25, 0.3) is 0 Å². The molecule has 13 heavy (non-hydrogen) atoms. The standard InChI is InChI=1S/C7H17ClN2O2S/c1-7(2,6-10(3)4)5-9-13(8,11)12/h9H,5-6H2,1-4H3. The van der Waals surface area contributed by atoms with E-state index >= 15 is 0 Å². The highest BCUT2D eigenvalue weighted by atomic mass is 35.7. The van der Waals surface area contributed by atoms with E-state index in [1.165, 1.54) is 0 Å². The molecule has 0 aromatic heterocycles. The van der Waals surface area contributed by atoms with Gasteiger partial charge in [0.1, 0.15) is 0 Å². The summed E-state index contributed by atoms with van der Waals surface area (Å²) in [5.41, 5.74) is -0.120. The molecular weight excluding hydrogens is 212 g/mol. The molecule has 0 atom stereocenters. The lowest BCUT2D eigenvalue weighted by Gasteiger charge is -2.27. The Labute approximate surface area is 84.8 Å². The first-order valence-electron chi connectivity index (χ1n) is 3.96. The Bertz CT molecular complexity index is 249. The fourth-order valence-corrected chi connectivity index (χ4v) is 1.92. The molecule has 4 nitrogen and oxygen atoms in total. The SMILES string of the molecule is CN(C)CC(C)(C)CNS(=O)(=O)Cl. The van der Waals surface area contributed by atoms with Crippen molar-refractivity contribution in [2.24, 2.45) is 5.41 Å². The third-order valence-electron chi connectivity index (χ3n) is 1.47. The van der Waals surface area contributed by atoms with Gasteiger partial charge in [-0.1, -0.05) is 13.8 Å². The number of nitrogens with zero attached hydrogens (tertiary/aromatic N) is 1. The second kappa shape index (κ2) is 4.59. The molecule has 0 rings (SSSR count). The summed E-state index contributed by atoms with van der Waals surface area (Å²) in [7, 11) is 5.32. The highest BCUT2D eigenvalue weighted by molar-refractivity contribution is 8.12. The molecule has 0 amide bonds. The summed E-state index contributed by atoms with van der Waals surface area (Å²) in [6.07, 6.45) is 0. The van der Waals surface area contributed by atoms with Gasteiger partial charge in [0.05, 0.1) is 0 Å². The van der Waals surface area contributed by atoms with Crippen LogP contribution in [0.4, 0.5) is 0 Å². The van der Waals surface area contributed by atoms with Crippen molar-refractivity contribution >= 4 is 19.9 Å². The lowest BCUT2D eigenvalue weighted by Crippen LogP contribution is -2.38. The van der Waals surface area contributed by atoms with Crippen LogP contribution in [-0.2, 0) is 9.24 Å². The van der Waals surface area contributed by atoms with Crippen LogP contribution >= 0.6 is 10.7 Å². The van der Waals surface area contributed by atoms with Gasteiger partial charge in [0.2, 0.25) is 0 Å². The van der Waals surface area contributed by atoms with Gasteiger partial charge in [-0.3, -0.25) is 0 Å². The molecule has 0 radical (unpaired) electrons. The average molecular weight is 229 g/mol. The quantitative estimate of drug-likeness (QED) is 0.703. The van der Waals surface area contributed by atoms with Gasteiger partial charge in [0.25, 0.3) is 9.24 Å². The van der Waals surface area contributed by atoms with Crippen molar-refractivity contribution in [1.29, 1.82) is 0 Å². The minimum Gasteiger partial charge on any atom is -0.309 e. The molecule has 0 aliphatic heterocycles. The van der Waals surface area contributed by atoms with Gasteiger partial charge in [0.15, 0.2) is 0 Å². The summed E-state index contributed by atoms with van der Waals surface area (Å²) < 4.78 is 23.5. The molecule has 0 unspecified atom stereocenters. The third kappa shape index (κ3) is 8.49. The summed E-state index contributed by atoms with van der Waals surface area (Å²) >= 11 is 0. The maximum absolute atomic E-state index is 10.6. The summed E-state index contributed by atoms with van der Waals surface area (Å²) in [5, 5.41) is 0. The van der Waals surface area contributed by atoms with E-state index in [-0.39, 0.29) is 5.41 Å². The van der Waals surface area contributed by atoms with Crippen LogP contribution in [0.1, 0.15) is 13.8 Å². The first-order chi connectivity index (χ1) is 5.62. The smallest absolute Gasteiger partial charge is 0.297 e. The lowest BCUT2D eigenvalue weighted by molar-refractivity contribution is 0.242. The van der Waals surface area contributed by atoms with Gasteiger partial charge in [-0.25, -0.2) is 4.72 Å². The van der Waals surface area contributed by atoms with Crippen molar-refractivity contribution in [1.82, 2.24) is 9.62 Å². The third-order valence-corrected chi connectivity index (χ3v) is 2.28. The molecule has 0 aliphatic rings. The Morgan fingerprint density at radius 3 is 2.15 bits per heavy atom. The monoisotopic (exact) mass is 228 g/mol. The van der Waals surface area contributed by atoms with Crippen molar-refractivity contribution in [2.75, 3.05) is 27.2 Å². The Morgan fingerprint density at radius 1 is 1.38 bits per heavy atom. The zero-order chi connectivity index (χ0) is 10.7. The number of hydrogen-bond acceptors (Lipinski definition) is 3. The largest absolute Gasteiger partial charge is 0.309 e. The van der Waals surface area contributed by atoms with Gasteiger partial charge in [0, 0.05) is 23.8 Å². The molecular formula is C7H17ClN2O2S. The summed E-state index contributed by atoms with van der Waals surface area (Å²) in [4.78, 5) is 2.00. The summed E-state index contributed by atoms with van der Waals surface area (Å²) in [5.74, 6) is 0. The van der Waals surface area contributed by atoms with Gasteiger partial charge in [-0.15, -0.1) is 0 Å². The minimum atomic E-state index is -3.59. The van der Waals surface area contributed by atoms with Crippen LogP contribution in [0.3, 0.4) is 0 Å². The van der Waals surface area contributed by atoms with E-state index in [0.29, 0.717) is 6.54 Å². The molecule has 0 bridgehead atoms. The van der Waals surface area contributed by atoms with Crippen molar-refractivity contribution in [3.8, 4) is 0 Å². The fourth-order valence-electron chi connectivity index (χ4n) is 1.19. The first-order valence-corrected chi connectivity index (χ1v) is 6.27. The Hall–Kier alpha value is 0.160. The van der Waals surface area contributed by atoms with E-state index in [1.54, 1.807) is 0 Å². The first kappa shape index (κ1) is 13.2. The molecule has 80 valence electrons. The maximum atomic E-state index is 10.6. The zero-order valence-electron chi connectivity index (χ0n) is 8.46. The van der Waals surface area contributed by atoms with Crippen molar-refractivity contribution in [3.63, 3.8) is 0 Å². The molecule has 6 heteroatoms. The van der Waals surface area contributed by atoms with Crippen molar-refractivity contribution in [3.05, 3.63) is 0 Å². The number of halogens is 1. The number of nitrogens with one attached hydrogen (secondary N) is 1. The zero-order valence-corrected chi connectivity index (χ0v) is 10.0. The van der Waals surface area contributed by atoms with Crippen LogP contribution in [0, 0.1) is 5.41 Å². The number of rotatable bonds is 5. The molecule has 0 aromatic rings. The van der Waals surface area contributed by atoms with Crippen LogP contribution < -0.4 is 4.72 Å². The topological polar surface area (TPSA) is 49.4 Å². The highest BCUT2D eigenvalue weighted by Gasteiger charge is 2.20. The van der Waals surface area contributed by atoms with Gasteiger partial charge < -0.3 is 4.90 Å². The van der Waals surface area contributed by atoms with E-state index in [9.17, 15) is 8.42 Å². The predicted octanol–water partition coefficient (Wildman–Crippen LogP) is 0.647. The normalized spacial score (nSPS) is 13.7. The molecule has 0 aliphatic carbocycles. The van der Waals surface area contributed by atoms with Crippen LogP contribution in [0.15, 0.2) is 0 Å². The maximum Gasteiger partial charge on any atom is 0.297 e. The molecule has 0 aromatic carbocycles. The molecule has 0 saturated heterocycles. The summed E-state index contributed by atoms with van der Waals surface area (Å²) in [6.45, 7) is 5.09. The summed E-state index contributed by atoms with van der Waals surface area (Å²) in [6, 6.07) is 0. The molecule has 0 fully saturated rings. The van der Waals surface area contributed by atoms with E-state index in [2.05, 4.69) is 4.72 Å². The van der Waals surface area contributed by atoms with Crippen molar-refractivity contribution in [2.45, 2.75) is 13.8 Å². The van der Waals surface area contributed by atoms with Gasteiger partial charge >= 0.3 is 0 Å². The molecule has 0 saturated carbocycles. The van der Waals surface area contributed by atoms with Crippen LogP contribution in [-0.4, -0.2) is 40.5 Å². The Morgan fingerprint density at radius 2 is 1.85 bits per heavy atom. The molecule has 0 heterocycles. The average Bonchev–Trinajstić information content (AvgIpc) is 1.79. The second-order valence-corrected chi connectivity index (χ2v) is 6.54. The second-order valence-electron chi connectivity index (χ2n) is 4.16. The Balaban J connectivity index is 4.04. The van der Waals surface area contributed by atoms with Gasteiger partial charge in [-0.2, -0.15) is 8.42 Å². The number of hydrogen-bond donors (Lipinski definition) is 1. The Kier molecular flexibility index (Phi) is 4.65. The predicted molar refractivity (Wildman–Crippen MR) is 55.1 cm³/mol. The van der Waals surface area contributed by atoms with Crippen LogP contribution in [0.5, 0.6) is 0 Å². The highest BCUT2D eigenvalue weighted by Crippen LogP contribution is 2.14.